The Balaban J connectivity index is 2.01. The molecule has 2 heterocycles. The minimum Gasteiger partial charge on any atom is -0.366 e. The maximum Gasteiger partial charge on any atom is 0.249 e. The van der Waals surface area contributed by atoms with Crippen molar-refractivity contribution >= 4 is 11.8 Å². The third-order valence-corrected chi connectivity index (χ3v) is 4.96. The van der Waals surface area contributed by atoms with E-state index in [9.17, 15) is 9.59 Å². The van der Waals surface area contributed by atoms with Crippen molar-refractivity contribution in [1.82, 2.24) is 19.9 Å². The van der Waals surface area contributed by atoms with Gasteiger partial charge in [-0.3, -0.25) is 19.1 Å². The van der Waals surface area contributed by atoms with Crippen molar-refractivity contribution in [3.05, 3.63) is 90.5 Å². The zero-order valence-electron chi connectivity index (χ0n) is 16.9. The predicted octanol–water partition coefficient (Wildman–Crippen LogP) is 2.99. The van der Waals surface area contributed by atoms with Crippen LogP contribution in [0.15, 0.2) is 79.3 Å². The molecule has 0 unspecified atom stereocenters. The molecule has 0 radical (unpaired) electrons. The molecule has 0 saturated heterocycles. The first kappa shape index (κ1) is 20.0. The number of hydrogen-bond donors (Lipinski definition) is 2. The fourth-order valence-electron chi connectivity index (χ4n) is 3.50. The molecule has 0 saturated carbocycles. The molecule has 4 aromatic rings. The van der Waals surface area contributed by atoms with E-state index in [4.69, 9.17) is 10.7 Å². The fourth-order valence-corrected chi connectivity index (χ4v) is 3.50. The van der Waals surface area contributed by atoms with Gasteiger partial charge in [-0.05, 0) is 41.5 Å². The van der Waals surface area contributed by atoms with E-state index in [1.54, 1.807) is 31.6 Å². The number of nitrogens with two attached hydrogens (primary N) is 1. The number of nitrogens with zero attached hydrogens (tertiary/aromatic N) is 3. The number of para-hydroxylation sites is 1. The molecule has 0 bridgehead atoms. The SMILES string of the molecule is CNC(=O)Cc1cn(-c2ccccc2)c(-c2c(C(N)=O)cccc2-c2ccncc2)n1. The van der Waals surface area contributed by atoms with Gasteiger partial charge in [-0.2, -0.15) is 0 Å². The first-order valence-electron chi connectivity index (χ1n) is 9.76. The molecule has 0 aliphatic carbocycles. The normalized spacial score (nSPS) is 10.6. The van der Waals surface area contributed by atoms with Crippen LogP contribution in [0.4, 0.5) is 0 Å². The topological polar surface area (TPSA) is 103 Å². The predicted molar refractivity (Wildman–Crippen MR) is 119 cm³/mol. The molecule has 0 spiro atoms. The first-order valence-corrected chi connectivity index (χ1v) is 9.76. The summed E-state index contributed by atoms with van der Waals surface area (Å²) in [6, 6.07) is 18.8. The third-order valence-electron chi connectivity index (χ3n) is 4.96. The van der Waals surface area contributed by atoms with Crippen molar-refractivity contribution in [2.24, 2.45) is 5.73 Å². The minimum atomic E-state index is -0.554. The summed E-state index contributed by atoms with van der Waals surface area (Å²) >= 11 is 0. The summed E-state index contributed by atoms with van der Waals surface area (Å²) in [6.07, 6.45) is 5.31. The average molecular weight is 411 g/mol. The highest BCUT2D eigenvalue weighted by Crippen LogP contribution is 2.35. The molecule has 31 heavy (non-hydrogen) atoms. The van der Waals surface area contributed by atoms with Gasteiger partial charge in [-0.1, -0.05) is 30.3 Å². The molecule has 2 amide bonds. The van der Waals surface area contributed by atoms with Crippen LogP contribution in [-0.2, 0) is 11.2 Å². The summed E-state index contributed by atoms with van der Waals surface area (Å²) < 4.78 is 1.88. The number of pyridine rings is 1. The molecule has 0 aliphatic rings. The molecule has 2 aromatic carbocycles. The largest absolute Gasteiger partial charge is 0.366 e. The van der Waals surface area contributed by atoms with Crippen molar-refractivity contribution in [3.63, 3.8) is 0 Å². The van der Waals surface area contributed by atoms with E-state index in [-0.39, 0.29) is 12.3 Å². The highest BCUT2D eigenvalue weighted by Gasteiger charge is 2.22. The van der Waals surface area contributed by atoms with Gasteiger partial charge < -0.3 is 11.1 Å². The Kier molecular flexibility index (Phi) is 5.57. The number of amides is 2. The zero-order chi connectivity index (χ0) is 21.8. The summed E-state index contributed by atoms with van der Waals surface area (Å²) in [7, 11) is 1.58. The molecule has 0 atom stereocenters. The van der Waals surface area contributed by atoms with E-state index in [1.807, 2.05) is 59.3 Å². The number of hydrogen-bond acceptors (Lipinski definition) is 4. The van der Waals surface area contributed by atoms with Crippen LogP contribution in [-0.4, -0.2) is 33.4 Å². The van der Waals surface area contributed by atoms with E-state index in [1.165, 1.54) is 0 Å². The highest BCUT2D eigenvalue weighted by molar-refractivity contribution is 6.03. The lowest BCUT2D eigenvalue weighted by Crippen LogP contribution is -2.20. The summed E-state index contributed by atoms with van der Waals surface area (Å²) in [5, 5.41) is 2.62. The molecule has 7 nitrogen and oxygen atoms in total. The number of carbonyl (C=O) groups excluding carboxylic acids is 2. The van der Waals surface area contributed by atoms with Crippen LogP contribution < -0.4 is 11.1 Å². The third kappa shape index (κ3) is 4.06. The minimum absolute atomic E-state index is 0.118. The second kappa shape index (κ2) is 8.62. The summed E-state index contributed by atoms with van der Waals surface area (Å²) in [5.41, 5.74) is 9.81. The van der Waals surface area contributed by atoms with Crippen LogP contribution in [0.1, 0.15) is 16.1 Å². The van der Waals surface area contributed by atoms with Gasteiger partial charge in [0.05, 0.1) is 17.7 Å². The monoisotopic (exact) mass is 411 g/mol. The van der Waals surface area contributed by atoms with Gasteiger partial charge in [0, 0.05) is 36.9 Å². The number of likely N-dealkylation sites (N-methyl/N-ethyl adjacent to an activating group) is 1. The zero-order valence-corrected chi connectivity index (χ0v) is 16.9. The van der Waals surface area contributed by atoms with Gasteiger partial charge in [0.15, 0.2) is 0 Å². The van der Waals surface area contributed by atoms with E-state index >= 15 is 0 Å². The maximum absolute atomic E-state index is 12.4. The molecule has 2 aromatic heterocycles. The van der Waals surface area contributed by atoms with Gasteiger partial charge in [-0.25, -0.2) is 4.98 Å². The number of carbonyl (C=O) groups is 2. The van der Waals surface area contributed by atoms with Crippen LogP contribution in [0.25, 0.3) is 28.2 Å². The summed E-state index contributed by atoms with van der Waals surface area (Å²) in [5.74, 6) is -0.172. The van der Waals surface area contributed by atoms with Crippen LogP contribution in [0.3, 0.4) is 0 Å². The van der Waals surface area contributed by atoms with Gasteiger partial charge in [-0.15, -0.1) is 0 Å². The Hall–Kier alpha value is -4.26. The summed E-state index contributed by atoms with van der Waals surface area (Å²) in [6.45, 7) is 0. The smallest absolute Gasteiger partial charge is 0.249 e. The first-order chi connectivity index (χ1) is 15.1. The lowest BCUT2D eigenvalue weighted by Gasteiger charge is -2.15. The van der Waals surface area contributed by atoms with Crippen LogP contribution in [0.2, 0.25) is 0 Å². The van der Waals surface area contributed by atoms with Gasteiger partial charge in [0.2, 0.25) is 11.8 Å². The molecular weight excluding hydrogens is 390 g/mol. The Morgan fingerprint density at radius 3 is 2.42 bits per heavy atom. The van der Waals surface area contributed by atoms with Crippen molar-refractivity contribution in [2.45, 2.75) is 6.42 Å². The molecule has 154 valence electrons. The molecule has 4 rings (SSSR count). The molecule has 7 heteroatoms. The standard InChI is InChI=1S/C24H21N5O2/c1-26-21(30)14-17-15-29(18-6-3-2-4-7-18)24(28-17)22-19(16-10-12-27-13-11-16)8-5-9-20(22)23(25)31/h2-13,15H,14H2,1H3,(H2,25,31)(H,26,30). The second-order valence-electron chi connectivity index (χ2n) is 6.94. The van der Waals surface area contributed by atoms with Crippen LogP contribution in [0, 0.1) is 0 Å². The van der Waals surface area contributed by atoms with Crippen molar-refractivity contribution in [1.29, 1.82) is 0 Å². The molecule has 0 aliphatic heterocycles. The number of rotatable bonds is 6. The quantitative estimate of drug-likeness (QED) is 0.509. The van der Waals surface area contributed by atoms with E-state index in [0.717, 1.165) is 16.8 Å². The number of imidazole rings is 1. The molecular formula is C24H21N5O2. The molecule has 0 fully saturated rings. The van der Waals surface area contributed by atoms with E-state index in [0.29, 0.717) is 22.6 Å². The van der Waals surface area contributed by atoms with Crippen LogP contribution in [0.5, 0.6) is 0 Å². The Morgan fingerprint density at radius 2 is 1.74 bits per heavy atom. The Morgan fingerprint density at radius 1 is 1.00 bits per heavy atom. The van der Waals surface area contributed by atoms with Crippen LogP contribution >= 0.6 is 0 Å². The number of aromatic nitrogens is 3. The van der Waals surface area contributed by atoms with Crippen molar-refractivity contribution in [3.8, 4) is 28.2 Å². The van der Waals surface area contributed by atoms with E-state index in [2.05, 4.69) is 10.3 Å². The lowest BCUT2D eigenvalue weighted by molar-refractivity contribution is -0.120. The van der Waals surface area contributed by atoms with Crippen molar-refractivity contribution in [2.75, 3.05) is 7.05 Å². The lowest BCUT2D eigenvalue weighted by atomic mass is 9.95. The van der Waals surface area contributed by atoms with Gasteiger partial charge in [0.1, 0.15) is 5.82 Å². The number of primary amides is 1. The maximum atomic E-state index is 12.4. The molecule has 3 N–H and O–H groups in total. The second-order valence-corrected chi connectivity index (χ2v) is 6.94. The number of nitrogens with one attached hydrogen (secondary N) is 1. The Labute approximate surface area is 179 Å². The number of benzene rings is 2. The van der Waals surface area contributed by atoms with Gasteiger partial charge >= 0.3 is 0 Å². The Bertz CT molecular complexity index is 1230. The fraction of sp³-hybridized carbons (Fsp3) is 0.0833. The summed E-state index contributed by atoms with van der Waals surface area (Å²) in [4.78, 5) is 33.2. The van der Waals surface area contributed by atoms with E-state index < -0.39 is 5.91 Å². The average Bonchev–Trinajstić information content (AvgIpc) is 3.22. The van der Waals surface area contributed by atoms with Gasteiger partial charge in [0.25, 0.3) is 0 Å². The van der Waals surface area contributed by atoms with Crippen molar-refractivity contribution < 1.29 is 9.59 Å². The highest BCUT2D eigenvalue weighted by atomic mass is 16.1.